The standard InChI is InChI=1S/C12H17N3O2/c1-15(10-7-13-8-10)12(16)14-9-4-3-5-11(6-9)17-2/h3-6,10,13H,7-8H2,1-2H3,(H,14,16). The van der Waals surface area contributed by atoms with E-state index in [2.05, 4.69) is 10.6 Å². The van der Waals surface area contributed by atoms with E-state index in [1.807, 2.05) is 18.2 Å². The molecule has 0 radical (unpaired) electrons. The molecule has 2 amide bonds. The summed E-state index contributed by atoms with van der Waals surface area (Å²) in [7, 11) is 3.41. The second-order valence-corrected chi connectivity index (χ2v) is 4.09. The van der Waals surface area contributed by atoms with Crippen molar-refractivity contribution in [1.82, 2.24) is 10.2 Å². The van der Waals surface area contributed by atoms with Crippen molar-refractivity contribution in [2.24, 2.45) is 0 Å². The minimum atomic E-state index is -0.0928. The summed E-state index contributed by atoms with van der Waals surface area (Å²) in [6.07, 6.45) is 0. The van der Waals surface area contributed by atoms with Crippen LogP contribution in [0.3, 0.4) is 0 Å². The molecule has 1 heterocycles. The smallest absolute Gasteiger partial charge is 0.321 e. The average molecular weight is 235 g/mol. The first-order valence-electron chi connectivity index (χ1n) is 5.59. The van der Waals surface area contributed by atoms with Crippen molar-refractivity contribution < 1.29 is 9.53 Å². The molecule has 5 nitrogen and oxygen atoms in total. The highest BCUT2D eigenvalue weighted by Gasteiger charge is 2.25. The molecule has 0 atom stereocenters. The predicted octanol–water partition coefficient (Wildman–Crippen LogP) is 1.13. The van der Waals surface area contributed by atoms with E-state index in [1.54, 1.807) is 25.1 Å². The lowest BCUT2D eigenvalue weighted by molar-refractivity contribution is 0.180. The molecule has 17 heavy (non-hydrogen) atoms. The van der Waals surface area contributed by atoms with Gasteiger partial charge in [-0.25, -0.2) is 4.79 Å². The Balaban J connectivity index is 1.96. The van der Waals surface area contributed by atoms with Crippen LogP contribution in [0.5, 0.6) is 5.75 Å². The van der Waals surface area contributed by atoms with E-state index >= 15 is 0 Å². The third-order valence-electron chi connectivity index (χ3n) is 2.95. The van der Waals surface area contributed by atoms with E-state index in [1.165, 1.54) is 0 Å². The van der Waals surface area contributed by atoms with Crippen LogP contribution in [-0.2, 0) is 0 Å². The quantitative estimate of drug-likeness (QED) is 0.825. The molecule has 1 aliphatic rings. The van der Waals surface area contributed by atoms with E-state index < -0.39 is 0 Å². The summed E-state index contributed by atoms with van der Waals surface area (Å²) in [6.45, 7) is 1.73. The van der Waals surface area contributed by atoms with Crippen LogP contribution in [0.2, 0.25) is 0 Å². The summed E-state index contributed by atoms with van der Waals surface area (Å²) in [5.74, 6) is 0.732. The number of nitrogens with one attached hydrogen (secondary N) is 2. The Labute approximate surface area is 101 Å². The summed E-state index contributed by atoms with van der Waals surface area (Å²) in [6, 6.07) is 7.53. The molecule has 0 bridgehead atoms. The molecule has 0 aromatic heterocycles. The van der Waals surface area contributed by atoms with E-state index in [-0.39, 0.29) is 6.03 Å². The van der Waals surface area contributed by atoms with Gasteiger partial charge in [-0.1, -0.05) is 6.07 Å². The van der Waals surface area contributed by atoms with Gasteiger partial charge < -0.3 is 20.3 Å². The number of carbonyl (C=O) groups is 1. The third-order valence-corrected chi connectivity index (χ3v) is 2.95. The van der Waals surface area contributed by atoms with E-state index in [4.69, 9.17) is 4.74 Å². The van der Waals surface area contributed by atoms with Crippen molar-refractivity contribution in [3.8, 4) is 5.75 Å². The number of carbonyl (C=O) groups excluding carboxylic acids is 1. The number of urea groups is 1. The van der Waals surface area contributed by atoms with Gasteiger partial charge in [0, 0.05) is 31.9 Å². The highest BCUT2D eigenvalue weighted by atomic mass is 16.5. The second kappa shape index (κ2) is 5.05. The predicted molar refractivity (Wildman–Crippen MR) is 66.4 cm³/mol. The lowest BCUT2D eigenvalue weighted by atomic mass is 10.1. The lowest BCUT2D eigenvalue weighted by Crippen LogP contribution is -2.58. The Hall–Kier alpha value is -1.75. The van der Waals surface area contributed by atoms with Crippen LogP contribution in [0.25, 0.3) is 0 Å². The van der Waals surface area contributed by atoms with Crippen LogP contribution in [0.1, 0.15) is 0 Å². The molecule has 1 fully saturated rings. The summed E-state index contributed by atoms with van der Waals surface area (Å²) < 4.78 is 5.10. The fraction of sp³-hybridized carbons (Fsp3) is 0.417. The number of ether oxygens (including phenoxy) is 1. The number of likely N-dealkylation sites (N-methyl/N-ethyl adjacent to an activating group) is 1. The fourth-order valence-electron chi connectivity index (χ4n) is 1.63. The number of hydrogen-bond acceptors (Lipinski definition) is 3. The van der Waals surface area contributed by atoms with Gasteiger partial charge in [-0.15, -0.1) is 0 Å². The first-order valence-corrected chi connectivity index (χ1v) is 5.59. The lowest BCUT2D eigenvalue weighted by Gasteiger charge is -2.35. The number of nitrogens with zero attached hydrogens (tertiary/aromatic N) is 1. The van der Waals surface area contributed by atoms with E-state index in [0.717, 1.165) is 24.5 Å². The Morgan fingerprint density at radius 3 is 2.88 bits per heavy atom. The maximum atomic E-state index is 11.9. The Morgan fingerprint density at radius 1 is 1.53 bits per heavy atom. The molecule has 1 saturated heterocycles. The van der Waals surface area contributed by atoms with Gasteiger partial charge >= 0.3 is 6.03 Å². The molecular weight excluding hydrogens is 218 g/mol. The Kier molecular flexibility index (Phi) is 3.49. The van der Waals surface area contributed by atoms with Crippen LogP contribution < -0.4 is 15.4 Å². The summed E-state index contributed by atoms with van der Waals surface area (Å²) >= 11 is 0. The molecule has 0 aliphatic carbocycles. The minimum absolute atomic E-state index is 0.0928. The van der Waals surface area contributed by atoms with Gasteiger partial charge in [-0.3, -0.25) is 0 Å². The Bertz CT molecular complexity index is 404. The third kappa shape index (κ3) is 2.68. The maximum Gasteiger partial charge on any atom is 0.321 e. The van der Waals surface area contributed by atoms with Gasteiger partial charge in [-0.2, -0.15) is 0 Å². The van der Waals surface area contributed by atoms with Gasteiger partial charge in [0.25, 0.3) is 0 Å². The maximum absolute atomic E-state index is 11.9. The number of anilines is 1. The number of methoxy groups -OCH3 is 1. The molecular formula is C12H17N3O2. The summed E-state index contributed by atoms with van der Waals surface area (Å²) in [5.41, 5.74) is 0.744. The first-order chi connectivity index (χ1) is 8.20. The van der Waals surface area contributed by atoms with Crippen LogP contribution in [0, 0.1) is 0 Å². The van der Waals surface area contributed by atoms with Gasteiger partial charge in [0.05, 0.1) is 13.2 Å². The topological polar surface area (TPSA) is 53.6 Å². The molecule has 1 aliphatic heterocycles. The van der Waals surface area contributed by atoms with Crippen molar-refractivity contribution >= 4 is 11.7 Å². The molecule has 1 aromatic rings. The van der Waals surface area contributed by atoms with Crippen LogP contribution in [-0.4, -0.2) is 44.2 Å². The molecule has 2 rings (SSSR count). The monoisotopic (exact) mass is 235 g/mol. The van der Waals surface area contributed by atoms with E-state index in [9.17, 15) is 4.79 Å². The van der Waals surface area contributed by atoms with Gasteiger partial charge in [0.1, 0.15) is 5.75 Å². The van der Waals surface area contributed by atoms with Crippen molar-refractivity contribution in [2.75, 3.05) is 32.6 Å². The zero-order valence-corrected chi connectivity index (χ0v) is 10.1. The molecule has 0 spiro atoms. The first kappa shape index (κ1) is 11.7. The van der Waals surface area contributed by atoms with Crippen molar-refractivity contribution in [2.45, 2.75) is 6.04 Å². The van der Waals surface area contributed by atoms with Crippen molar-refractivity contribution in [3.05, 3.63) is 24.3 Å². The van der Waals surface area contributed by atoms with Gasteiger partial charge in [0.2, 0.25) is 0 Å². The van der Waals surface area contributed by atoms with Gasteiger partial charge in [0.15, 0.2) is 0 Å². The number of benzene rings is 1. The molecule has 2 N–H and O–H groups in total. The van der Waals surface area contributed by atoms with E-state index in [0.29, 0.717) is 6.04 Å². The number of hydrogen-bond donors (Lipinski definition) is 2. The Morgan fingerprint density at radius 2 is 2.29 bits per heavy atom. The highest BCUT2D eigenvalue weighted by molar-refractivity contribution is 5.89. The average Bonchev–Trinajstić information content (AvgIpc) is 2.27. The molecule has 5 heteroatoms. The van der Waals surface area contributed by atoms with Crippen LogP contribution in [0.4, 0.5) is 10.5 Å². The van der Waals surface area contributed by atoms with Crippen molar-refractivity contribution in [3.63, 3.8) is 0 Å². The molecule has 0 saturated carbocycles. The zero-order chi connectivity index (χ0) is 12.3. The minimum Gasteiger partial charge on any atom is -0.497 e. The van der Waals surface area contributed by atoms with Crippen LogP contribution in [0.15, 0.2) is 24.3 Å². The van der Waals surface area contributed by atoms with Crippen LogP contribution >= 0.6 is 0 Å². The van der Waals surface area contributed by atoms with Gasteiger partial charge in [-0.05, 0) is 12.1 Å². The number of rotatable bonds is 3. The summed E-state index contributed by atoms with van der Waals surface area (Å²) in [4.78, 5) is 13.6. The largest absolute Gasteiger partial charge is 0.497 e. The zero-order valence-electron chi connectivity index (χ0n) is 10.1. The number of amides is 2. The highest BCUT2D eigenvalue weighted by Crippen LogP contribution is 2.17. The summed E-state index contributed by atoms with van der Waals surface area (Å²) in [5, 5.41) is 5.98. The SMILES string of the molecule is COc1cccc(NC(=O)N(C)C2CNC2)c1. The molecule has 0 unspecified atom stereocenters. The van der Waals surface area contributed by atoms with Crippen molar-refractivity contribution in [1.29, 1.82) is 0 Å². The normalized spacial score (nSPS) is 14.9. The molecule has 1 aromatic carbocycles. The second-order valence-electron chi connectivity index (χ2n) is 4.09. The molecule has 92 valence electrons. The fourth-order valence-corrected chi connectivity index (χ4v) is 1.63.